The normalized spacial score (nSPS) is 22.5. The molecule has 2 aromatic rings. The van der Waals surface area contributed by atoms with Gasteiger partial charge in [-0.25, -0.2) is 0 Å². The number of benzene rings is 1. The summed E-state index contributed by atoms with van der Waals surface area (Å²) < 4.78 is 11.7. The lowest BCUT2D eigenvalue weighted by Gasteiger charge is -2.36. The molecule has 1 amide bonds. The number of nitrogens with zero attached hydrogens (tertiary/aromatic N) is 3. The standard InChI is InChI=1S/C24H31N3O3S/c28-24(26-11-9-25(10-12-26)17-20-4-2-15-31-20)18-27-8-1-5-21(27)19-6-7-22-23(16-19)30-14-3-13-29-22/h2,4,6-7,15-16,21H,1,3,5,8-14,17-18H2/t21-/m0/s1. The van der Waals surface area contributed by atoms with E-state index in [-0.39, 0.29) is 11.9 Å². The summed E-state index contributed by atoms with van der Waals surface area (Å²) in [5.41, 5.74) is 1.23. The van der Waals surface area contributed by atoms with Crippen LogP contribution in [0.25, 0.3) is 0 Å². The number of piperazine rings is 1. The van der Waals surface area contributed by atoms with E-state index >= 15 is 0 Å². The monoisotopic (exact) mass is 441 g/mol. The Labute approximate surface area is 188 Å². The van der Waals surface area contributed by atoms with Crippen molar-refractivity contribution in [2.75, 3.05) is 52.5 Å². The van der Waals surface area contributed by atoms with E-state index in [1.165, 1.54) is 10.4 Å². The molecule has 0 unspecified atom stereocenters. The zero-order valence-corrected chi connectivity index (χ0v) is 18.8. The molecular weight excluding hydrogens is 410 g/mol. The zero-order valence-electron chi connectivity index (χ0n) is 18.0. The van der Waals surface area contributed by atoms with Crippen molar-refractivity contribution in [3.63, 3.8) is 0 Å². The van der Waals surface area contributed by atoms with E-state index in [0.29, 0.717) is 19.8 Å². The number of amides is 1. The van der Waals surface area contributed by atoms with Crippen LogP contribution in [0.3, 0.4) is 0 Å². The molecule has 4 heterocycles. The van der Waals surface area contributed by atoms with Crippen molar-refractivity contribution in [1.82, 2.24) is 14.7 Å². The molecule has 166 valence electrons. The quantitative estimate of drug-likeness (QED) is 0.712. The minimum atomic E-state index is 0.261. The van der Waals surface area contributed by atoms with E-state index in [4.69, 9.17) is 9.47 Å². The Bertz CT molecular complexity index is 880. The van der Waals surface area contributed by atoms with E-state index in [9.17, 15) is 4.79 Å². The first-order valence-corrected chi connectivity index (χ1v) is 12.3. The van der Waals surface area contributed by atoms with Crippen molar-refractivity contribution in [1.29, 1.82) is 0 Å². The van der Waals surface area contributed by atoms with Crippen LogP contribution in [0, 0.1) is 0 Å². The van der Waals surface area contributed by atoms with Gasteiger partial charge in [0.2, 0.25) is 5.91 Å². The predicted molar refractivity (Wildman–Crippen MR) is 122 cm³/mol. The Morgan fingerprint density at radius 3 is 2.65 bits per heavy atom. The number of thiophene rings is 1. The highest BCUT2D eigenvalue weighted by atomic mass is 32.1. The van der Waals surface area contributed by atoms with Crippen molar-refractivity contribution in [3.8, 4) is 11.5 Å². The highest BCUT2D eigenvalue weighted by Gasteiger charge is 2.31. The maximum atomic E-state index is 13.1. The smallest absolute Gasteiger partial charge is 0.236 e. The van der Waals surface area contributed by atoms with Crippen LogP contribution in [0.4, 0.5) is 0 Å². The average molecular weight is 442 g/mol. The maximum absolute atomic E-state index is 13.1. The molecule has 5 rings (SSSR count). The second-order valence-corrected chi connectivity index (χ2v) is 9.65. The Balaban J connectivity index is 1.17. The lowest BCUT2D eigenvalue weighted by molar-refractivity contribution is -0.134. The van der Waals surface area contributed by atoms with Gasteiger partial charge in [-0.05, 0) is 48.5 Å². The molecule has 0 N–H and O–H groups in total. The first-order valence-electron chi connectivity index (χ1n) is 11.4. The first kappa shape index (κ1) is 20.8. The second-order valence-electron chi connectivity index (χ2n) is 8.62. The van der Waals surface area contributed by atoms with Gasteiger partial charge in [-0.1, -0.05) is 12.1 Å². The number of likely N-dealkylation sites (tertiary alicyclic amines) is 1. The summed E-state index contributed by atoms with van der Waals surface area (Å²) in [6, 6.07) is 10.9. The van der Waals surface area contributed by atoms with E-state index < -0.39 is 0 Å². The van der Waals surface area contributed by atoms with Crippen LogP contribution < -0.4 is 9.47 Å². The molecule has 3 aliphatic rings. The summed E-state index contributed by atoms with van der Waals surface area (Å²) in [6.45, 7) is 7.44. The van der Waals surface area contributed by atoms with Crippen LogP contribution in [0.15, 0.2) is 35.7 Å². The van der Waals surface area contributed by atoms with Gasteiger partial charge in [0.25, 0.3) is 0 Å². The molecule has 7 heteroatoms. The number of ether oxygens (including phenoxy) is 2. The van der Waals surface area contributed by atoms with Gasteiger partial charge in [-0.2, -0.15) is 0 Å². The van der Waals surface area contributed by atoms with Crippen LogP contribution in [-0.4, -0.2) is 73.1 Å². The van der Waals surface area contributed by atoms with Gasteiger partial charge >= 0.3 is 0 Å². The number of hydrogen-bond donors (Lipinski definition) is 0. The number of carbonyl (C=O) groups excluding carboxylic acids is 1. The molecule has 1 aromatic heterocycles. The fraction of sp³-hybridized carbons (Fsp3) is 0.542. The highest BCUT2D eigenvalue weighted by Crippen LogP contribution is 2.37. The number of carbonyl (C=O) groups is 1. The molecule has 1 aromatic carbocycles. The van der Waals surface area contributed by atoms with Crippen molar-refractivity contribution in [2.45, 2.75) is 31.8 Å². The molecule has 0 spiro atoms. The number of hydrogen-bond acceptors (Lipinski definition) is 6. The Morgan fingerprint density at radius 1 is 1.00 bits per heavy atom. The van der Waals surface area contributed by atoms with Crippen LogP contribution >= 0.6 is 11.3 Å². The molecule has 1 atom stereocenters. The number of fused-ring (bicyclic) bond motifs is 1. The molecule has 0 saturated carbocycles. The Kier molecular flexibility index (Phi) is 6.43. The molecule has 2 saturated heterocycles. The Morgan fingerprint density at radius 2 is 1.84 bits per heavy atom. The van der Waals surface area contributed by atoms with Crippen LogP contribution in [0.2, 0.25) is 0 Å². The third kappa shape index (κ3) is 4.89. The summed E-state index contributed by atoms with van der Waals surface area (Å²) in [4.78, 5) is 21.3. The van der Waals surface area contributed by atoms with Crippen LogP contribution in [-0.2, 0) is 11.3 Å². The van der Waals surface area contributed by atoms with Crippen molar-refractivity contribution in [3.05, 3.63) is 46.2 Å². The predicted octanol–water partition coefficient (Wildman–Crippen LogP) is 3.39. The summed E-state index contributed by atoms with van der Waals surface area (Å²) in [5, 5.41) is 2.13. The molecule has 6 nitrogen and oxygen atoms in total. The van der Waals surface area contributed by atoms with Gasteiger partial charge in [-0.3, -0.25) is 14.6 Å². The highest BCUT2D eigenvalue weighted by molar-refractivity contribution is 7.09. The fourth-order valence-corrected chi connectivity index (χ4v) is 5.58. The number of rotatable bonds is 5. The van der Waals surface area contributed by atoms with E-state index in [0.717, 1.165) is 70.0 Å². The lowest BCUT2D eigenvalue weighted by atomic mass is 10.0. The van der Waals surface area contributed by atoms with Gasteiger partial charge in [0.1, 0.15) is 0 Å². The molecule has 0 bridgehead atoms. The average Bonchev–Trinajstić information content (AvgIpc) is 3.41. The molecule has 0 radical (unpaired) electrons. The van der Waals surface area contributed by atoms with Gasteiger partial charge in [-0.15, -0.1) is 11.3 Å². The minimum Gasteiger partial charge on any atom is -0.490 e. The maximum Gasteiger partial charge on any atom is 0.236 e. The van der Waals surface area contributed by atoms with Gasteiger partial charge in [0.15, 0.2) is 11.5 Å². The summed E-state index contributed by atoms with van der Waals surface area (Å²) in [7, 11) is 0. The van der Waals surface area contributed by atoms with Crippen molar-refractivity contribution in [2.24, 2.45) is 0 Å². The van der Waals surface area contributed by atoms with Crippen molar-refractivity contribution < 1.29 is 14.3 Å². The molecular formula is C24H31N3O3S. The summed E-state index contributed by atoms with van der Waals surface area (Å²) >= 11 is 1.81. The molecule has 3 aliphatic heterocycles. The molecule has 0 aliphatic carbocycles. The van der Waals surface area contributed by atoms with E-state index in [1.54, 1.807) is 0 Å². The van der Waals surface area contributed by atoms with Gasteiger partial charge in [0.05, 0.1) is 19.8 Å². The van der Waals surface area contributed by atoms with Gasteiger partial charge < -0.3 is 14.4 Å². The first-order chi connectivity index (χ1) is 15.3. The zero-order chi connectivity index (χ0) is 21.0. The third-order valence-corrected chi connectivity index (χ3v) is 7.40. The molecule has 2 fully saturated rings. The summed E-state index contributed by atoms with van der Waals surface area (Å²) in [6.07, 6.45) is 3.12. The topological polar surface area (TPSA) is 45.3 Å². The fourth-order valence-electron chi connectivity index (χ4n) is 4.83. The second kappa shape index (κ2) is 9.59. The van der Waals surface area contributed by atoms with Crippen LogP contribution in [0.5, 0.6) is 11.5 Å². The third-order valence-electron chi connectivity index (χ3n) is 6.54. The largest absolute Gasteiger partial charge is 0.490 e. The minimum absolute atomic E-state index is 0.261. The molecule has 31 heavy (non-hydrogen) atoms. The van der Waals surface area contributed by atoms with Crippen molar-refractivity contribution >= 4 is 17.2 Å². The SMILES string of the molecule is O=C(CN1CCC[C@H]1c1ccc2c(c1)OCCCO2)N1CCN(Cc2cccs2)CC1. The van der Waals surface area contributed by atoms with Crippen LogP contribution in [0.1, 0.15) is 35.7 Å². The van der Waals surface area contributed by atoms with E-state index in [1.807, 2.05) is 22.3 Å². The van der Waals surface area contributed by atoms with E-state index in [2.05, 4.69) is 39.4 Å². The lowest BCUT2D eigenvalue weighted by Crippen LogP contribution is -2.50. The Hall–Kier alpha value is -2.09. The van der Waals surface area contributed by atoms with Gasteiger partial charge in [0, 0.05) is 50.1 Å². The summed E-state index contributed by atoms with van der Waals surface area (Å²) in [5.74, 6) is 1.94.